The van der Waals surface area contributed by atoms with Gasteiger partial charge in [-0.3, -0.25) is 19.9 Å². The number of rotatable bonds is 8. The summed E-state index contributed by atoms with van der Waals surface area (Å²) in [4.78, 5) is 40.1. The lowest BCUT2D eigenvalue weighted by atomic mass is 9.60. The molecule has 0 spiro atoms. The molecule has 8 heteroatoms. The summed E-state index contributed by atoms with van der Waals surface area (Å²) in [5.74, 6) is 1.36. The smallest absolute Gasteiger partial charge is 0.160 e. The summed E-state index contributed by atoms with van der Waals surface area (Å²) in [6, 6.07) is 76.9. The van der Waals surface area contributed by atoms with Gasteiger partial charge in [0.1, 0.15) is 0 Å². The zero-order chi connectivity index (χ0) is 50.1. The van der Waals surface area contributed by atoms with Crippen LogP contribution in [-0.2, 0) is 0 Å². The Morgan fingerprint density at radius 1 is 0.237 bits per heavy atom. The number of benzene rings is 9. The van der Waals surface area contributed by atoms with Crippen molar-refractivity contribution in [2.75, 3.05) is 0 Å². The van der Waals surface area contributed by atoms with Crippen molar-refractivity contribution in [3.05, 3.63) is 277 Å². The van der Waals surface area contributed by atoms with Gasteiger partial charge in [-0.1, -0.05) is 182 Å². The average Bonchev–Trinajstić information content (AvgIpc) is 3.52. The molecule has 16 rings (SSSR count). The Labute approximate surface area is 438 Å². The number of fused-ring (bicyclic) bond motifs is 2. The first kappa shape index (κ1) is 43.4. The molecule has 0 saturated heterocycles. The van der Waals surface area contributed by atoms with E-state index in [1.165, 1.54) is 33.4 Å². The van der Waals surface area contributed by atoms with Crippen molar-refractivity contribution in [1.82, 2.24) is 39.9 Å². The molecule has 0 saturated carbocycles. The molecule has 354 valence electrons. The van der Waals surface area contributed by atoms with Gasteiger partial charge in [0.05, 0.1) is 44.8 Å². The van der Waals surface area contributed by atoms with Crippen LogP contribution in [0.2, 0.25) is 0 Å². The molecular formula is C68H42N8. The van der Waals surface area contributed by atoms with Crippen LogP contribution in [-0.4, -0.2) is 39.9 Å². The quantitative estimate of drug-likeness (QED) is 0.148. The molecule has 0 N–H and O–H groups in total. The summed E-state index contributed by atoms with van der Waals surface area (Å²) < 4.78 is 0. The molecule has 0 radical (unpaired) electrons. The van der Waals surface area contributed by atoms with E-state index in [2.05, 4.69) is 168 Å². The van der Waals surface area contributed by atoms with Gasteiger partial charge in [-0.05, 0) is 80.9 Å². The molecule has 9 aromatic carbocycles. The molecule has 13 aromatic rings. The van der Waals surface area contributed by atoms with Gasteiger partial charge in [0.2, 0.25) is 0 Å². The fourth-order valence-corrected chi connectivity index (χ4v) is 11.7. The highest BCUT2D eigenvalue weighted by Crippen LogP contribution is 2.57. The zero-order valence-electron chi connectivity index (χ0n) is 40.8. The van der Waals surface area contributed by atoms with Crippen molar-refractivity contribution in [3.63, 3.8) is 0 Å². The van der Waals surface area contributed by atoms with E-state index in [1.807, 2.05) is 60.7 Å². The van der Waals surface area contributed by atoms with Crippen LogP contribution < -0.4 is 0 Å². The van der Waals surface area contributed by atoms with Crippen molar-refractivity contribution in [2.45, 2.75) is 11.8 Å². The van der Waals surface area contributed by atoms with Gasteiger partial charge in [-0.2, -0.15) is 0 Å². The van der Waals surface area contributed by atoms with E-state index in [4.69, 9.17) is 29.9 Å². The standard InChI is InChI=1S/C68H42N8/c1-3-15-41(16-4-1)67-73-59(39-61(75-67)47-21-9-7-19-45(47)53-25-13-27-57-65(53)71-35-33-69-57)43-29-31-51-55(37-43)63-49-23-11-12-24-50(49)64(51)56-38-44(30-32-52(56)63)60-40-62(76-68(74-60)42-17-5-2-6-18-42)48-22-10-8-20-46(48)54-26-14-28-58-66(54)72-36-34-70-58/h1-40,63-64H. The number of aromatic nitrogens is 8. The first-order valence-corrected chi connectivity index (χ1v) is 25.5. The third-order valence-corrected chi connectivity index (χ3v) is 15.1. The second-order valence-corrected chi connectivity index (χ2v) is 19.4. The van der Waals surface area contributed by atoms with E-state index < -0.39 is 0 Å². The fourth-order valence-electron chi connectivity index (χ4n) is 11.7. The average molecular weight is 971 g/mol. The third kappa shape index (κ3) is 7.22. The Kier molecular flexibility index (Phi) is 10.2. The number of hydrogen-bond acceptors (Lipinski definition) is 8. The summed E-state index contributed by atoms with van der Waals surface area (Å²) in [7, 11) is 0. The second kappa shape index (κ2) is 17.8. The first-order chi connectivity index (χ1) is 37.7. The second-order valence-electron chi connectivity index (χ2n) is 19.4. The predicted octanol–water partition coefficient (Wildman–Crippen LogP) is 15.5. The Morgan fingerprint density at radius 2 is 0.605 bits per heavy atom. The van der Waals surface area contributed by atoms with Gasteiger partial charge < -0.3 is 0 Å². The molecule has 2 bridgehead atoms. The van der Waals surface area contributed by atoms with Crippen molar-refractivity contribution in [3.8, 4) is 90.1 Å². The van der Waals surface area contributed by atoms with E-state index in [1.54, 1.807) is 24.8 Å². The van der Waals surface area contributed by atoms with Crippen molar-refractivity contribution >= 4 is 22.1 Å². The third-order valence-electron chi connectivity index (χ3n) is 15.1. The van der Waals surface area contributed by atoms with E-state index in [9.17, 15) is 0 Å². The molecule has 0 amide bonds. The molecule has 3 aliphatic carbocycles. The van der Waals surface area contributed by atoms with Crippen LogP contribution in [0.3, 0.4) is 0 Å². The topological polar surface area (TPSA) is 103 Å². The minimum absolute atomic E-state index is 0.0137. The maximum atomic E-state index is 5.34. The summed E-state index contributed by atoms with van der Waals surface area (Å²) >= 11 is 0. The summed E-state index contributed by atoms with van der Waals surface area (Å²) in [5, 5.41) is 0. The SMILES string of the molecule is c1ccc(-c2nc(-c3ccc4c(c3)C3c5ccccc5C4c4cc(-c5cc(-c6ccccc6-c6cccc7nccnc67)nc(-c6ccccc6)n5)ccc43)cc(-c3ccccc3-c3cccc4nccnc34)n2)cc1. The molecule has 0 fully saturated rings. The van der Waals surface area contributed by atoms with Crippen LogP contribution in [0.4, 0.5) is 0 Å². The monoisotopic (exact) mass is 970 g/mol. The van der Waals surface area contributed by atoms with Crippen LogP contribution >= 0.6 is 0 Å². The molecule has 4 heterocycles. The van der Waals surface area contributed by atoms with Gasteiger partial charge in [-0.25, -0.2) is 19.9 Å². The summed E-state index contributed by atoms with van der Waals surface area (Å²) in [6.45, 7) is 0. The molecule has 4 aromatic heterocycles. The van der Waals surface area contributed by atoms with E-state index >= 15 is 0 Å². The zero-order valence-corrected chi connectivity index (χ0v) is 40.8. The molecule has 8 nitrogen and oxygen atoms in total. The maximum absolute atomic E-state index is 5.34. The summed E-state index contributed by atoms with van der Waals surface area (Å²) in [5.41, 5.74) is 24.6. The molecule has 3 aliphatic rings. The van der Waals surface area contributed by atoms with Crippen LogP contribution in [0.1, 0.15) is 45.2 Å². The van der Waals surface area contributed by atoms with Crippen LogP contribution in [0.25, 0.3) is 112 Å². The van der Waals surface area contributed by atoms with Gasteiger partial charge in [0, 0.05) is 81.1 Å². The molecule has 2 unspecified atom stereocenters. The first-order valence-electron chi connectivity index (χ1n) is 25.5. The normalized spacial score (nSPS) is 14.1. The highest BCUT2D eigenvalue weighted by Gasteiger charge is 2.41. The van der Waals surface area contributed by atoms with Crippen LogP contribution in [0.5, 0.6) is 0 Å². The Balaban J connectivity index is 0.862. The molecule has 2 atom stereocenters. The van der Waals surface area contributed by atoms with E-state index in [0.29, 0.717) is 11.6 Å². The Hall–Kier alpha value is -10.2. The number of para-hydroxylation sites is 2. The van der Waals surface area contributed by atoms with Gasteiger partial charge in [0.15, 0.2) is 11.6 Å². The molecule has 0 aliphatic heterocycles. The lowest BCUT2D eigenvalue weighted by Gasteiger charge is -2.42. The van der Waals surface area contributed by atoms with Crippen molar-refractivity contribution in [2.24, 2.45) is 0 Å². The summed E-state index contributed by atoms with van der Waals surface area (Å²) in [6.07, 6.45) is 6.98. The van der Waals surface area contributed by atoms with E-state index in [-0.39, 0.29) is 11.8 Å². The van der Waals surface area contributed by atoms with Gasteiger partial charge >= 0.3 is 0 Å². The lowest BCUT2D eigenvalue weighted by Crippen LogP contribution is -2.27. The highest BCUT2D eigenvalue weighted by atomic mass is 14.9. The maximum Gasteiger partial charge on any atom is 0.160 e. The van der Waals surface area contributed by atoms with Gasteiger partial charge in [0.25, 0.3) is 0 Å². The van der Waals surface area contributed by atoms with E-state index in [0.717, 1.165) is 100 Å². The lowest BCUT2D eigenvalue weighted by molar-refractivity contribution is 0.755. The van der Waals surface area contributed by atoms with Crippen LogP contribution in [0, 0.1) is 0 Å². The Bertz CT molecular complexity index is 4150. The number of nitrogens with zero attached hydrogens (tertiary/aromatic N) is 8. The largest absolute Gasteiger partial charge is 0.253 e. The molecular weight excluding hydrogens is 929 g/mol. The predicted molar refractivity (Wildman–Crippen MR) is 302 cm³/mol. The minimum Gasteiger partial charge on any atom is -0.253 e. The Morgan fingerprint density at radius 3 is 1.07 bits per heavy atom. The van der Waals surface area contributed by atoms with Crippen molar-refractivity contribution in [1.29, 1.82) is 0 Å². The molecule has 76 heavy (non-hydrogen) atoms. The van der Waals surface area contributed by atoms with Crippen molar-refractivity contribution < 1.29 is 0 Å². The highest BCUT2D eigenvalue weighted by molar-refractivity contribution is 5.98. The van der Waals surface area contributed by atoms with Gasteiger partial charge in [-0.15, -0.1) is 0 Å². The van der Waals surface area contributed by atoms with Crippen LogP contribution in [0.15, 0.2) is 243 Å². The minimum atomic E-state index is 0.0137. The number of hydrogen-bond donors (Lipinski definition) is 0. The fraction of sp³-hybridized carbons (Fsp3) is 0.0294.